The number of fused-ring (bicyclic) bond motifs is 2. The summed E-state index contributed by atoms with van der Waals surface area (Å²) in [6, 6.07) is -0.657. The van der Waals surface area contributed by atoms with E-state index in [2.05, 4.69) is 10.6 Å². The second-order valence-corrected chi connectivity index (χ2v) is 7.09. The molecule has 4 atom stereocenters. The Bertz CT molecular complexity index is 417. The highest BCUT2D eigenvalue weighted by atomic mass is 19.4. The van der Waals surface area contributed by atoms with Crippen molar-refractivity contribution in [2.75, 3.05) is 13.6 Å². The Morgan fingerprint density at radius 1 is 1.14 bits per heavy atom. The summed E-state index contributed by atoms with van der Waals surface area (Å²) in [6.07, 6.45) is 0.256. The highest BCUT2D eigenvalue weighted by Crippen LogP contribution is 2.33. The maximum absolute atomic E-state index is 12.8. The number of alkyl halides is 3. The van der Waals surface area contributed by atoms with Gasteiger partial charge in [-0.25, -0.2) is 0 Å². The maximum atomic E-state index is 12.8. The van der Waals surface area contributed by atoms with Gasteiger partial charge in [-0.15, -0.1) is 0 Å². The van der Waals surface area contributed by atoms with Crippen LogP contribution < -0.4 is 10.6 Å². The van der Waals surface area contributed by atoms with E-state index in [1.54, 1.807) is 0 Å². The molecule has 3 aliphatic heterocycles. The monoisotopic (exact) mass is 319 g/mol. The molecule has 0 aromatic heterocycles. The minimum Gasteiger partial charge on any atom is -0.352 e. The van der Waals surface area contributed by atoms with Gasteiger partial charge in [-0.3, -0.25) is 9.69 Å². The Labute approximate surface area is 128 Å². The summed E-state index contributed by atoms with van der Waals surface area (Å²) in [7, 11) is 1.49. The SMILES string of the molecule is CN1C[C@@H](NC(=O)C2CC3CCC(C2)N3)CC[C@H]1C(F)(F)F. The standard InChI is InChI=1S/C15H24F3N3O/c1-21-8-12(4-5-13(21)15(16,17)18)20-14(22)9-6-10-2-3-11(7-9)19-10/h9-13,19H,2-8H2,1H3,(H,20,22)/t9?,10?,11?,12-,13-/m0/s1. The van der Waals surface area contributed by atoms with Crippen LogP contribution in [0, 0.1) is 5.92 Å². The first kappa shape index (κ1) is 16.1. The van der Waals surface area contributed by atoms with Crippen molar-refractivity contribution in [2.24, 2.45) is 5.92 Å². The van der Waals surface area contributed by atoms with Crippen LogP contribution in [0.5, 0.6) is 0 Å². The van der Waals surface area contributed by atoms with Crippen LogP contribution in [-0.2, 0) is 4.79 Å². The average Bonchev–Trinajstić information content (AvgIpc) is 2.76. The Hall–Kier alpha value is -0.820. The fraction of sp³-hybridized carbons (Fsp3) is 0.933. The molecule has 22 heavy (non-hydrogen) atoms. The van der Waals surface area contributed by atoms with Crippen molar-refractivity contribution in [2.45, 2.75) is 68.9 Å². The molecule has 4 nitrogen and oxygen atoms in total. The van der Waals surface area contributed by atoms with Gasteiger partial charge >= 0.3 is 6.18 Å². The normalized spacial score (nSPS) is 39.7. The summed E-state index contributed by atoms with van der Waals surface area (Å²) in [5.41, 5.74) is 0. The highest BCUT2D eigenvalue weighted by Gasteiger charge is 2.45. The summed E-state index contributed by atoms with van der Waals surface area (Å²) >= 11 is 0. The number of hydrogen-bond donors (Lipinski definition) is 2. The fourth-order valence-corrected chi connectivity index (χ4v) is 4.27. The van der Waals surface area contributed by atoms with Gasteiger partial charge in [0.15, 0.2) is 0 Å². The highest BCUT2D eigenvalue weighted by molar-refractivity contribution is 5.79. The third-order valence-corrected chi connectivity index (χ3v) is 5.40. The number of rotatable bonds is 2. The van der Waals surface area contributed by atoms with Crippen LogP contribution in [0.4, 0.5) is 13.2 Å². The predicted molar refractivity (Wildman–Crippen MR) is 76.3 cm³/mol. The quantitative estimate of drug-likeness (QED) is 0.814. The molecule has 3 fully saturated rings. The second-order valence-electron chi connectivity index (χ2n) is 7.09. The number of nitrogens with one attached hydrogen (secondary N) is 2. The minimum atomic E-state index is -4.18. The van der Waals surface area contributed by atoms with Gasteiger partial charge in [0.25, 0.3) is 0 Å². The third-order valence-electron chi connectivity index (χ3n) is 5.40. The summed E-state index contributed by atoms with van der Waals surface area (Å²) in [5.74, 6) is 0.0478. The molecule has 0 radical (unpaired) electrons. The van der Waals surface area contributed by atoms with E-state index in [1.807, 2.05) is 0 Å². The lowest BCUT2D eigenvalue weighted by Crippen LogP contribution is -2.56. The molecule has 7 heteroatoms. The zero-order chi connectivity index (χ0) is 15.9. The first-order chi connectivity index (χ1) is 10.3. The number of likely N-dealkylation sites (N-methyl/N-ethyl adjacent to an activating group) is 1. The molecular formula is C15H24F3N3O. The molecule has 0 aromatic rings. The largest absolute Gasteiger partial charge is 0.404 e. The molecule has 0 aliphatic carbocycles. The first-order valence-electron chi connectivity index (χ1n) is 8.16. The molecular weight excluding hydrogens is 295 g/mol. The van der Waals surface area contributed by atoms with Crippen LogP contribution in [0.2, 0.25) is 0 Å². The Kier molecular flexibility index (Phi) is 4.38. The molecule has 1 amide bonds. The Morgan fingerprint density at radius 3 is 2.32 bits per heavy atom. The van der Waals surface area contributed by atoms with Gasteiger partial charge in [0.2, 0.25) is 5.91 Å². The van der Waals surface area contributed by atoms with Gasteiger partial charge in [0.1, 0.15) is 6.04 Å². The number of carbonyl (C=O) groups is 1. The van der Waals surface area contributed by atoms with Gasteiger partial charge in [0, 0.05) is 30.6 Å². The van der Waals surface area contributed by atoms with E-state index in [9.17, 15) is 18.0 Å². The van der Waals surface area contributed by atoms with Gasteiger partial charge in [-0.1, -0.05) is 0 Å². The van der Waals surface area contributed by atoms with Crippen LogP contribution in [0.15, 0.2) is 0 Å². The number of amides is 1. The summed E-state index contributed by atoms with van der Waals surface area (Å²) in [6.45, 7) is 0.272. The van der Waals surface area contributed by atoms with Crippen molar-refractivity contribution in [3.8, 4) is 0 Å². The molecule has 3 saturated heterocycles. The predicted octanol–water partition coefficient (Wildman–Crippen LogP) is 1.66. The molecule has 0 saturated carbocycles. The van der Waals surface area contributed by atoms with Crippen LogP contribution in [0.1, 0.15) is 38.5 Å². The zero-order valence-corrected chi connectivity index (χ0v) is 12.8. The van der Waals surface area contributed by atoms with Gasteiger partial charge < -0.3 is 10.6 Å². The fourth-order valence-electron chi connectivity index (χ4n) is 4.27. The van der Waals surface area contributed by atoms with E-state index >= 15 is 0 Å². The van der Waals surface area contributed by atoms with Gasteiger partial charge in [0.05, 0.1) is 0 Å². The van der Waals surface area contributed by atoms with E-state index in [1.165, 1.54) is 11.9 Å². The summed E-state index contributed by atoms with van der Waals surface area (Å²) < 4.78 is 38.5. The van der Waals surface area contributed by atoms with Gasteiger partial charge in [-0.05, 0) is 45.6 Å². The van der Waals surface area contributed by atoms with Crippen molar-refractivity contribution in [3.63, 3.8) is 0 Å². The van der Waals surface area contributed by atoms with Crippen LogP contribution in [-0.4, -0.2) is 54.7 Å². The lowest BCUT2D eigenvalue weighted by atomic mass is 9.90. The van der Waals surface area contributed by atoms with Crippen LogP contribution in [0.25, 0.3) is 0 Å². The Morgan fingerprint density at radius 2 is 1.77 bits per heavy atom. The topological polar surface area (TPSA) is 44.4 Å². The number of halogens is 3. The van der Waals surface area contributed by atoms with E-state index in [0.29, 0.717) is 18.5 Å². The van der Waals surface area contributed by atoms with Crippen LogP contribution >= 0.6 is 0 Å². The molecule has 2 unspecified atom stereocenters. The smallest absolute Gasteiger partial charge is 0.352 e. The van der Waals surface area contributed by atoms with Crippen molar-refractivity contribution >= 4 is 5.91 Å². The number of carbonyl (C=O) groups excluding carboxylic acids is 1. The average molecular weight is 319 g/mol. The van der Waals surface area contributed by atoms with Crippen molar-refractivity contribution in [1.82, 2.24) is 15.5 Å². The van der Waals surface area contributed by atoms with E-state index in [4.69, 9.17) is 0 Å². The number of piperidine rings is 2. The summed E-state index contributed by atoms with van der Waals surface area (Å²) in [4.78, 5) is 13.7. The van der Waals surface area contributed by atoms with E-state index < -0.39 is 12.2 Å². The van der Waals surface area contributed by atoms with Crippen molar-refractivity contribution < 1.29 is 18.0 Å². The number of likely N-dealkylation sites (tertiary alicyclic amines) is 1. The summed E-state index contributed by atoms with van der Waals surface area (Å²) in [5, 5.41) is 6.48. The van der Waals surface area contributed by atoms with Gasteiger partial charge in [-0.2, -0.15) is 13.2 Å². The molecule has 2 N–H and O–H groups in total. The lowest BCUT2D eigenvalue weighted by molar-refractivity contribution is -0.188. The Balaban J connectivity index is 1.51. The first-order valence-corrected chi connectivity index (χ1v) is 8.16. The van der Waals surface area contributed by atoms with E-state index in [0.717, 1.165) is 25.7 Å². The maximum Gasteiger partial charge on any atom is 0.404 e. The van der Waals surface area contributed by atoms with Crippen LogP contribution in [0.3, 0.4) is 0 Å². The number of nitrogens with zero attached hydrogens (tertiary/aromatic N) is 1. The zero-order valence-electron chi connectivity index (χ0n) is 12.8. The van der Waals surface area contributed by atoms with Crippen molar-refractivity contribution in [3.05, 3.63) is 0 Å². The molecule has 126 valence electrons. The molecule has 3 rings (SSSR count). The number of hydrogen-bond acceptors (Lipinski definition) is 3. The molecule has 3 heterocycles. The van der Waals surface area contributed by atoms with E-state index in [-0.39, 0.29) is 30.8 Å². The minimum absolute atomic E-state index is 0.0180. The molecule has 2 bridgehead atoms. The second kappa shape index (κ2) is 6.00. The van der Waals surface area contributed by atoms with Crippen molar-refractivity contribution in [1.29, 1.82) is 0 Å². The molecule has 3 aliphatic rings. The third kappa shape index (κ3) is 3.40. The lowest BCUT2D eigenvalue weighted by Gasteiger charge is -2.39. The molecule has 0 spiro atoms. The molecule has 0 aromatic carbocycles.